The van der Waals surface area contributed by atoms with Crippen LogP contribution in [-0.2, 0) is 11.9 Å². The maximum atomic E-state index is 11.6. The van der Waals surface area contributed by atoms with Crippen LogP contribution in [0, 0.1) is 6.92 Å². The second-order valence-electron chi connectivity index (χ2n) is 3.82. The van der Waals surface area contributed by atoms with Crippen molar-refractivity contribution in [3.05, 3.63) is 53.3 Å². The quantitative estimate of drug-likeness (QED) is 0.470. The molecule has 0 aliphatic carbocycles. The SMILES string of the molecule is Cc1cc(C(=O)ON=Cc2ccccc2)nn1C. The Kier molecular flexibility index (Phi) is 3.52. The summed E-state index contributed by atoms with van der Waals surface area (Å²) in [6.07, 6.45) is 1.48. The zero-order valence-corrected chi connectivity index (χ0v) is 10.2. The highest BCUT2D eigenvalue weighted by Crippen LogP contribution is 2.03. The average Bonchev–Trinajstić information content (AvgIpc) is 2.71. The Bertz CT molecular complexity index is 554. The molecule has 92 valence electrons. The van der Waals surface area contributed by atoms with E-state index in [1.807, 2.05) is 37.3 Å². The highest BCUT2D eigenvalue weighted by Gasteiger charge is 2.12. The number of oxime groups is 1. The fourth-order valence-corrected chi connectivity index (χ4v) is 1.38. The van der Waals surface area contributed by atoms with Crippen molar-refractivity contribution < 1.29 is 9.63 Å². The van der Waals surface area contributed by atoms with Gasteiger partial charge in [0.25, 0.3) is 0 Å². The first-order valence-electron chi connectivity index (χ1n) is 5.47. The molecule has 0 unspecified atom stereocenters. The van der Waals surface area contributed by atoms with Gasteiger partial charge in [0.1, 0.15) is 0 Å². The van der Waals surface area contributed by atoms with Crippen molar-refractivity contribution in [1.29, 1.82) is 0 Å². The first-order chi connectivity index (χ1) is 8.66. The van der Waals surface area contributed by atoms with Crippen LogP contribution < -0.4 is 0 Å². The second-order valence-corrected chi connectivity index (χ2v) is 3.82. The van der Waals surface area contributed by atoms with E-state index in [1.54, 1.807) is 17.8 Å². The largest absolute Gasteiger partial charge is 0.385 e. The van der Waals surface area contributed by atoms with Crippen molar-refractivity contribution in [2.24, 2.45) is 12.2 Å². The third-order valence-electron chi connectivity index (χ3n) is 2.46. The summed E-state index contributed by atoms with van der Waals surface area (Å²) >= 11 is 0. The molecule has 2 aromatic rings. The Hall–Kier alpha value is -2.43. The number of carbonyl (C=O) groups is 1. The minimum absolute atomic E-state index is 0.250. The van der Waals surface area contributed by atoms with E-state index < -0.39 is 5.97 Å². The molecule has 0 bridgehead atoms. The van der Waals surface area contributed by atoms with Gasteiger partial charge >= 0.3 is 5.97 Å². The van der Waals surface area contributed by atoms with Gasteiger partial charge in [-0.05, 0) is 18.6 Å². The van der Waals surface area contributed by atoms with Crippen LogP contribution in [0.2, 0.25) is 0 Å². The number of carbonyl (C=O) groups excluding carboxylic acids is 1. The normalized spacial score (nSPS) is 10.8. The molecule has 0 aliphatic rings. The Labute approximate surface area is 105 Å². The molecule has 0 N–H and O–H groups in total. The van der Waals surface area contributed by atoms with Crippen molar-refractivity contribution in [1.82, 2.24) is 9.78 Å². The summed E-state index contributed by atoms with van der Waals surface area (Å²) in [5, 5.41) is 7.64. The van der Waals surface area contributed by atoms with Crippen molar-refractivity contribution in [3.63, 3.8) is 0 Å². The van der Waals surface area contributed by atoms with Gasteiger partial charge < -0.3 is 4.84 Å². The molecule has 0 atom stereocenters. The highest BCUT2D eigenvalue weighted by atomic mass is 16.7. The summed E-state index contributed by atoms with van der Waals surface area (Å²) in [6.45, 7) is 1.86. The van der Waals surface area contributed by atoms with E-state index in [-0.39, 0.29) is 5.69 Å². The van der Waals surface area contributed by atoms with E-state index in [1.165, 1.54) is 6.21 Å². The van der Waals surface area contributed by atoms with Gasteiger partial charge in [-0.25, -0.2) is 4.79 Å². The molecule has 1 aromatic heterocycles. The third-order valence-corrected chi connectivity index (χ3v) is 2.46. The number of hydrogen-bond donors (Lipinski definition) is 0. The molecule has 0 saturated heterocycles. The van der Waals surface area contributed by atoms with Gasteiger partial charge in [0.2, 0.25) is 0 Å². The Morgan fingerprint density at radius 1 is 1.39 bits per heavy atom. The number of aryl methyl sites for hydroxylation is 2. The summed E-state index contributed by atoms with van der Waals surface area (Å²) in [4.78, 5) is 16.3. The highest BCUT2D eigenvalue weighted by molar-refractivity contribution is 5.88. The topological polar surface area (TPSA) is 56.5 Å². The lowest BCUT2D eigenvalue weighted by atomic mass is 10.2. The van der Waals surface area contributed by atoms with Crippen LogP contribution in [0.15, 0.2) is 41.6 Å². The molecule has 1 heterocycles. The van der Waals surface area contributed by atoms with Crippen molar-refractivity contribution >= 4 is 12.2 Å². The van der Waals surface area contributed by atoms with Crippen LogP contribution in [0.25, 0.3) is 0 Å². The predicted molar refractivity (Wildman–Crippen MR) is 67.4 cm³/mol. The third kappa shape index (κ3) is 2.82. The van der Waals surface area contributed by atoms with Crippen molar-refractivity contribution in [2.75, 3.05) is 0 Å². The van der Waals surface area contributed by atoms with Crippen molar-refractivity contribution in [2.45, 2.75) is 6.92 Å². The zero-order valence-electron chi connectivity index (χ0n) is 10.2. The average molecular weight is 243 g/mol. The summed E-state index contributed by atoms with van der Waals surface area (Å²) in [6, 6.07) is 11.0. The van der Waals surface area contributed by atoms with Gasteiger partial charge in [-0.2, -0.15) is 5.10 Å². The molecule has 0 radical (unpaired) electrons. The standard InChI is InChI=1S/C13H13N3O2/c1-10-8-12(15-16(10)2)13(17)18-14-9-11-6-4-3-5-7-11/h3-9H,1-2H3. The van der Waals surface area contributed by atoms with E-state index in [2.05, 4.69) is 10.3 Å². The summed E-state index contributed by atoms with van der Waals surface area (Å²) in [5.74, 6) is -0.564. The van der Waals surface area contributed by atoms with Crippen LogP contribution in [-0.4, -0.2) is 22.0 Å². The van der Waals surface area contributed by atoms with Crippen molar-refractivity contribution in [3.8, 4) is 0 Å². The van der Waals surface area contributed by atoms with E-state index >= 15 is 0 Å². The van der Waals surface area contributed by atoms with Crippen LogP contribution in [0.1, 0.15) is 21.7 Å². The molecule has 0 fully saturated rings. The summed E-state index contributed by atoms with van der Waals surface area (Å²) < 4.78 is 1.61. The van der Waals surface area contributed by atoms with Gasteiger partial charge in [0, 0.05) is 12.7 Å². The molecular weight excluding hydrogens is 230 g/mol. The smallest absolute Gasteiger partial charge is 0.311 e. The Morgan fingerprint density at radius 2 is 2.11 bits per heavy atom. The predicted octanol–water partition coefficient (Wildman–Crippen LogP) is 1.92. The van der Waals surface area contributed by atoms with Gasteiger partial charge in [-0.1, -0.05) is 35.5 Å². The fraction of sp³-hybridized carbons (Fsp3) is 0.154. The Balaban J connectivity index is 1.98. The maximum Gasteiger partial charge on any atom is 0.385 e. The van der Waals surface area contributed by atoms with Gasteiger partial charge in [-0.3, -0.25) is 4.68 Å². The molecule has 0 amide bonds. The first-order valence-corrected chi connectivity index (χ1v) is 5.47. The van der Waals surface area contributed by atoms with Gasteiger partial charge in [0.05, 0.1) is 6.21 Å². The fourth-order valence-electron chi connectivity index (χ4n) is 1.38. The molecule has 1 aromatic carbocycles. The minimum atomic E-state index is -0.564. The van der Waals surface area contributed by atoms with E-state index in [0.717, 1.165) is 11.3 Å². The van der Waals surface area contributed by atoms with Gasteiger partial charge in [0.15, 0.2) is 5.69 Å². The number of hydrogen-bond acceptors (Lipinski definition) is 4. The van der Waals surface area contributed by atoms with Crippen LogP contribution in [0.4, 0.5) is 0 Å². The van der Waals surface area contributed by atoms with E-state index in [0.29, 0.717) is 0 Å². The number of benzene rings is 1. The maximum absolute atomic E-state index is 11.6. The first kappa shape index (κ1) is 12.0. The lowest BCUT2D eigenvalue weighted by Crippen LogP contribution is -2.03. The van der Waals surface area contributed by atoms with Crippen LogP contribution >= 0.6 is 0 Å². The molecular formula is C13H13N3O2. The lowest BCUT2D eigenvalue weighted by Gasteiger charge is -1.93. The molecule has 5 heteroatoms. The van der Waals surface area contributed by atoms with Gasteiger partial charge in [-0.15, -0.1) is 0 Å². The summed E-state index contributed by atoms with van der Waals surface area (Å²) in [7, 11) is 1.76. The minimum Gasteiger partial charge on any atom is -0.311 e. The van der Waals surface area contributed by atoms with Crippen LogP contribution in [0.3, 0.4) is 0 Å². The van der Waals surface area contributed by atoms with Crippen LogP contribution in [0.5, 0.6) is 0 Å². The number of rotatable bonds is 3. The molecule has 0 aliphatic heterocycles. The summed E-state index contributed by atoms with van der Waals surface area (Å²) in [5.41, 5.74) is 2.00. The Morgan fingerprint density at radius 3 is 2.72 bits per heavy atom. The number of aromatic nitrogens is 2. The monoisotopic (exact) mass is 243 g/mol. The lowest BCUT2D eigenvalue weighted by molar-refractivity contribution is 0.0511. The molecule has 0 saturated carbocycles. The molecule has 18 heavy (non-hydrogen) atoms. The molecule has 0 spiro atoms. The zero-order chi connectivity index (χ0) is 13.0. The second kappa shape index (κ2) is 5.27. The molecule has 2 rings (SSSR count). The number of nitrogens with zero attached hydrogens (tertiary/aromatic N) is 3. The molecule has 5 nitrogen and oxygen atoms in total. The van der Waals surface area contributed by atoms with E-state index in [4.69, 9.17) is 4.84 Å². The van der Waals surface area contributed by atoms with E-state index in [9.17, 15) is 4.79 Å².